The van der Waals surface area contributed by atoms with Crippen molar-refractivity contribution >= 4 is 42.3 Å². The standard InChI is InChI=1S/C18H25ClFN3O.2ClH/c1-22(2)17(16-14(19)4-3-5-15(16)20)18(24)23-8-6-12-10-21-11-13(12)7-9-23;;/h3-5,12-13,17,21H,6-11H2,1-2H3;2*1H/t12-,13+,17?;;. The highest BCUT2D eigenvalue weighted by atomic mass is 35.5. The molecule has 26 heavy (non-hydrogen) atoms. The SMILES string of the molecule is CN(C)C(C(=O)N1CC[C@@H]2CNC[C@@H]2CC1)c1c(F)cccc1Cl.Cl.Cl. The normalized spacial score (nSPS) is 23.5. The Morgan fingerprint density at radius 1 is 1.23 bits per heavy atom. The highest BCUT2D eigenvalue weighted by Crippen LogP contribution is 2.33. The lowest BCUT2D eigenvalue weighted by Crippen LogP contribution is -2.41. The van der Waals surface area contributed by atoms with Gasteiger partial charge in [-0.05, 0) is 64.0 Å². The van der Waals surface area contributed by atoms with Crippen LogP contribution in [0.2, 0.25) is 5.02 Å². The predicted molar refractivity (Wildman–Crippen MR) is 108 cm³/mol. The minimum Gasteiger partial charge on any atom is -0.341 e. The topological polar surface area (TPSA) is 35.6 Å². The summed E-state index contributed by atoms with van der Waals surface area (Å²) < 4.78 is 14.4. The molecule has 3 atom stereocenters. The molecule has 1 unspecified atom stereocenters. The van der Waals surface area contributed by atoms with Crippen molar-refractivity contribution in [3.63, 3.8) is 0 Å². The lowest BCUT2D eigenvalue weighted by Gasteiger charge is -2.31. The quantitative estimate of drug-likeness (QED) is 0.805. The van der Waals surface area contributed by atoms with E-state index in [4.69, 9.17) is 11.6 Å². The van der Waals surface area contributed by atoms with Crippen LogP contribution >= 0.6 is 36.4 Å². The van der Waals surface area contributed by atoms with E-state index in [-0.39, 0.29) is 36.3 Å². The van der Waals surface area contributed by atoms with E-state index >= 15 is 0 Å². The summed E-state index contributed by atoms with van der Waals surface area (Å²) in [6.07, 6.45) is 2.02. The number of hydrogen-bond acceptors (Lipinski definition) is 3. The Balaban J connectivity index is 0.00000169. The molecule has 148 valence electrons. The van der Waals surface area contributed by atoms with Crippen LogP contribution in [0.3, 0.4) is 0 Å². The monoisotopic (exact) mass is 425 g/mol. The minimum absolute atomic E-state index is 0. The molecule has 0 aliphatic carbocycles. The number of nitrogens with one attached hydrogen (secondary N) is 1. The van der Waals surface area contributed by atoms with Gasteiger partial charge in [0.05, 0.1) is 0 Å². The molecule has 0 bridgehead atoms. The average molecular weight is 427 g/mol. The first-order valence-electron chi connectivity index (χ1n) is 8.59. The molecule has 0 aromatic heterocycles. The van der Waals surface area contributed by atoms with Crippen molar-refractivity contribution in [3.05, 3.63) is 34.6 Å². The number of nitrogens with zero attached hydrogens (tertiary/aromatic N) is 2. The summed E-state index contributed by atoms with van der Waals surface area (Å²) in [6, 6.07) is 3.89. The van der Waals surface area contributed by atoms with E-state index < -0.39 is 11.9 Å². The number of hydrogen-bond donors (Lipinski definition) is 1. The molecule has 2 aliphatic heterocycles. The summed E-state index contributed by atoms with van der Waals surface area (Å²) in [5, 5.41) is 3.74. The van der Waals surface area contributed by atoms with Gasteiger partial charge in [-0.2, -0.15) is 0 Å². The third-order valence-electron chi connectivity index (χ3n) is 5.35. The van der Waals surface area contributed by atoms with Gasteiger partial charge in [-0.15, -0.1) is 24.8 Å². The minimum atomic E-state index is -0.685. The van der Waals surface area contributed by atoms with E-state index in [1.807, 2.05) is 4.90 Å². The van der Waals surface area contributed by atoms with E-state index in [0.717, 1.165) is 39.0 Å². The van der Waals surface area contributed by atoms with Gasteiger partial charge >= 0.3 is 0 Å². The first-order valence-corrected chi connectivity index (χ1v) is 8.96. The summed E-state index contributed by atoms with van der Waals surface area (Å²) in [5.74, 6) is 0.820. The van der Waals surface area contributed by atoms with Crippen LogP contribution in [-0.4, -0.2) is 56.0 Å². The maximum absolute atomic E-state index is 14.4. The molecular weight excluding hydrogens is 400 g/mol. The summed E-state index contributed by atoms with van der Waals surface area (Å²) in [7, 11) is 3.59. The van der Waals surface area contributed by atoms with Crippen molar-refractivity contribution in [2.45, 2.75) is 18.9 Å². The van der Waals surface area contributed by atoms with Crippen LogP contribution in [0.25, 0.3) is 0 Å². The summed E-state index contributed by atoms with van der Waals surface area (Å²) >= 11 is 6.22. The van der Waals surface area contributed by atoms with Crippen LogP contribution in [-0.2, 0) is 4.79 Å². The maximum atomic E-state index is 14.4. The van der Waals surface area contributed by atoms with Crippen molar-refractivity contribution < 1.29 is 9.18 Å². The second-order valence-corrected chi connectivity index (χ2v) is 7.49. The fraction of sp³-hybridized carbons (Fsp3) is 0.611. The number of carbonyl (C=O) groups excluding carboxylic acids is 1. The van der Waals surface area contributed by atoms with Gasteiger partial charge in [-0.25, -0.2) is 4.39 Å². The number of carbonyl (C=O) groups is 1. The van der Waals surface area contributed by atoms with Gasteiger partial charge in [-0.1, -0.05) is 17.7 Å². The predicted octanol–water partition coefficient (Wildman–Crippen LogP) is 3.38. The van der Waals surface area contributed by atoms with E-state index in [2.05, 4.69) is 5.32 Å². The Bertz CT molecular complexity index is 583. The van der Waals surface area contributed by atoms with Crippen molar-refractivity contribution in [2.24, 2.45) is 11.8 Å². The van der Waals surface area contributed by atoms with Crippen LogP contribution in [0.1, 0.15) is 24.4 Å². The third-order valence-corrected chi connectivity index (χ3v) is 5.68. The molecule has 4 nitrogen and oxygen atoms in total. The van der Waals surface area contributed by atoms with Gasteiger partial charge in [0.15, 0.2) is 0 Å². The van der Waals surface area contributed by atoms with Crippen molar-refractivity contribution in [1.82, 2.24) is 15.1 Å². The van der Waals surface area contributed by atoms with E-state index in [1.54, 1.807) is 31.1 Å². The number of likely N-dealkylation sites (N-methyl/N-ethyl adjacent to an activating group) is 1. The van der Waals surface area contributed by atoms with Crippen LogP contribution in [0.15, 0.2) is 18.2 Å². The van der Waals surface area contributed by atoms with Crippen LogP contribution in [0.4, 0.5) is 4.39 Å². The number of likely N-dealkylation sites (tertiary alicyclic amines) is 1. The third kappa shape index (κ3) is 4.82. The molecule has 1 N–H and O–H groups in total. The number of benzene rings is 1. The van der Waals surface area contributed by atoms with Crippen molar-refractivity contribution in [1.29, 1.82) is 0 Å². The number of halogens is 4. The number of rotatable bonds is 3. The molecule has 1 aromatic carbocycles. The first kappa shape index (κ1) is 23.4. The molecule has 2 saturated heterocycles. The Labute approximate surface area is 172 Å². The fourth-order valence-corrected chi connectivity index (χ4v) is 4.25. The maximum Gasteiger partial charge on any atom is 0.244 e. The number of fused-ring (bicyclic) bond motifs is 1. The molecular formula is C18H27Cl3FN3O. The second-order valence-electron chi connectivity index (χ2n) is 7.08. The van der Waals surface area contributed by atoms with Gasteiger partial charge in [-0.3, -0.25) is 9.69 Å². The zero-order valence-electron chi connectivity index (χ0n) is 15.1. The van der Waals surface area contributed by atoms with Crippen LogP contribution in [0.5, 0.6) is 0 Å². The molecule has 2 fully saturated rings. The molecule has 2 aliphatic rings. The Hall–Kier alpha value is -0.590. The highest BCUT2D eigenvalue weighted by molar-refractivity contribution is 6.31. The van der Waals surface area contributed by atoms with E-state index in [1.165, 1.54) is 6.07 Å². The zero-order valence-corrected chi connectivity index (χ0v) is 17.5. The first-order chi connectivity index (χ1) is 11.5. The molecule has 2 heterocycles. The van der Waals surface area contributed by atoms with Gasteiger partial charge in [0.1, 0.15) is 11.9 Å². The van der Waals surface area contributed by atoms with Gasteiger partial charge in [0, 0.05) is 23.7 Å². The van der Waals surface area contributed by atoms with Gasteiger partial charge in [0.25, 0.3) is 0 Å². The lowest BCUT2D eigenvalue weighted by molar-refractivity contribution is -0.136. The average Bonchev–Trinajstić information content (AvgIpc) is 2.88. The second kappa shape index (κ2) is 10.1. The number of amides is 1. The Kier molecular flexibility index (Phi) is 9.10. The molecule has 1 aromatic rings. The van der Waals surface area contributed by atoms with Crippen LogP contribution < -0.4 is 5.32 Å². The molecule has 8 heteroatoms. The smallest absolute Gasteiger partial charge is 0.244 e. The highest BCUT2D eigenvalue weighted by Gasteiger charge is 2.36. The van der Waals surface area contributed by atoms with Crippen molar-refractivity contribution in [2.75, 3.05) is 40.3 Å². The summed E-state index contributed by atoms with van der Waals surface area (Å²) in [5.41, 5.74) is 0.278. The summed E-state index contributed by atoms with van der Waals surface area (Å²) in [4.78, 5) is 16.8. The van der Waals surface area contributed by atoms with E-state index in [9.17, 15) is 9.18 Å². The molecule has 3 rings (SSSR count). The Morgan fingerprint density at radius 2 is 1.81 bits per heavy atom. The lowest BCUT2D eigenvalue weighted by atomic mass is 9.92. The van der Waals surface area contributed by atoms with Crippen molar-refractivity contribution in [3.8, 4) is 0 Å². The van der Waals surface area contributed by atoms with Gasteiger partial charge < -0.3 is 10.2 Å². The molecule has 0 saturated carbocycles. The summed E-state index contributed by atoms with van der Waals surface area (Å²) in [6.45, 7) is 3.56. The van der Waals surface area contributed by atoms with Crippen LogP contribution in [0, 0.1) is 17.7 Å². The Morgan fingerprint density at radius 3 is 2.31 bits per heavy atom. The zero-order chi connectivity index (χ0) is 17.3. The van der Waals surface area contributed by atoms with E-state index in [0.29, 0.717) is 16.9 Å². The molecule has 1 amide bonds. The van der Waals surface area contributed by atoms with Gasteiger partial charge in [0.2, 0.25) is 5.91 Å². The molecule has 0 radical (unpaired) electrons. The molecule has 0 spiro atoms. The largest absolute Gasteiger partial charge is 0.341 e. The fourth-order valence-electron chi connectivity index (χ4n) is 3.99.